The van der Waals surface area contributed by atoms with Gasteiger partial charge in [-0.3, -0.25) is 0 Å². The van der Waals surface area contributed by atoms with Crippen molar-refractivity contribution in [1.29, 1.82) is 0 Å². The van der Waals surface area contributed by atoms with Crippen LogP contribution in [0.1, 0.15) is 16.7 Å². The van der Waals surface area contributed by atoms with E-state index in [2.05, 4.69) is 205 Å². The van der Waals surface area contributed by atoms with E-state index in [0.29, 0.717) is 0 Å². The van der Waals surface area contributed by atoms with E-state index in [4.69, 9.17) is 4.42 Å². The van der Waals surface area contributed by atoms with Crippen molar-refractivity contribution in [3.05, 3.63) is 223 Å². The summed E-state index contributed by atoms with van der Waals surface area (Å²) < 4.78 is 8.69. The zero-order chi connectivity index (χ0) is 38.9. The summed E-state index contributed by atoms with van der Waals surface area (Å²) in [5.74, 6) is 0. The molecule has 2 nitrogen and oxygen atoms in total. The Morgan fingerprint density at radius 1 is 0.356 bits per heavy atom. The molecule has 276 valence electrons. The van der Waals surface area contributed by atoms with Gasteiger partial charge in [-0.25, -0.2) is 0 Å². The molecule has 0 fully saturated rings. The number of nitrogens with zero attached hydrogens (tertiary/aromatic N) is 1. The van der Waals surface area contributed by atoms with Gasteiger partial charge in [0.1, 0.15) is 11.2 Å². The predicted molar refractivity (Wildman–Crippen MR) is 248 cm³/mol. The molecule has 0 saturated heterocycles. The Morgan fingerprint density at radius 2 is 0.983 bits per heavy atom. The Hall–Kier alpha value is -7.68. The molecule has 0 bridgehead atoms. The molecule has 2 heterocycles. The van der Waals surface area contributed by atoms with E-state index in [1.165, 1.54) is 88.6 Å². The Balaban J connectivity index is 0.903. The number of hydrogen-bond donors (Lipinski definition) is 0. The molecular weight excluding hydrogens is 715 g/mol. The third-order valence-electron chi connectivity index (χ3n) is 12.3. The van der Waals surface area contributed by atoms with Gasteiger partial charge < -0.3 is 8.98 Å². The molecule has 0 spiro atoms. The van der Waals surface area contributed by atoms with Crippen molar-refractivity contribution in [1.82, 2.24) is 4.57 Å². The van der Waals surface area contributed by atoms with Gasteiger partial charge in [0.2, 0.25) is 0 Å². The lowest BCUT2D eigenvalue weighted by Crippen LogP contribution is -1.94. The van der Waals surface area contributed by atoms with Gasteiger partial charge in [0, 0.05) is 33.3 Å². The molecule has 0 aliphatic heterocycles. The maximum Gasteiger partial charge on any atom is 0.137 e. The van der Waals surface area contributed by atoms with Gasteiger partial charge in [-0.2, -0.15) is 0 Å². The van der Waals surface area contributed by atoms with E-state index >= 15 is 0 Å². The minimum Gasteiger partial charge on any atom is -0.456 e. The van der Waals surface area contributed by atoms with Crippen molar-refractivity contribution < 1.29 is 4.42 Å². The molecule has 0 N–H and O–H groups in total. The fourth-order valence-electron chi connectivity index (χ4n) is 9.33. The minimum atomic E-state index is 0.856. The lowest BCUT2D eigenvalue weighted by atomic mass is 9.91. The third-order valence-corrected chi connectivity index (χ3v) is 12.3. The highest BCUT2D eigenvalue weighted by Gasteiger charge is 2.19. The summed E-state index contributed by atoms with van der Waals surface area (Å²) >= 11 is 0. The fourth-order valence-corrected chi connectivity index (χ4v) is 9.33. The van der Waals surface area contributed by atoms with Crippen molar-refractivity contribution in [2.45, 2.75) is 6.42 Å². The fraction of sp³-hybridized carbons (Fsp3) is 0.0175. The Bertz CT molecular complexity index is 3450. The first-order valence-electron chi connectivity index (χ1n) is 20.4. The van der Waals surface area contributed by atoms with Crippen LogP contribution in [0, 0.1) is 0 Å². The second-order valence-electron chi connectivity index (χ2n) is 15.7. The molecule has 1 aliphatic rings. The molecule has 59 heavy (non-hydrogen) atoms. The average molecular weight is 752 g/mol. The normalized spacial score (nSPS) is 12.4. The van der Waals surface area contributed by atoms with Crippen LogP contribution in [0.25, 0.3) is 106 Å². The van der Waals surface area contributed by atoms with Crippen molar-refractivity contribution in [3.63, 3.8) is 0 Å². The molecule has 0 radical (unpaired) electrons. The van der Waals surface area contributed by atoms with Crippen LogP contribution in [-0.4, -0.2) is 4.57 Å². The Morgan fingerprint density at radius 3 is 1.86 bits per heavy atom. The Labute approximate surface area is 342 Å². The lowest BCUT2D eigenvalue weighted by Gasteiger charge is -2.13. The smallest absolute Gasteiger partial charge is 0.137 e. The topological polar surface area (TPSA) is 18.1 Å². The molecule has 0 atom stereocenters. The summed E-state index contributed by atoms with van der Waals surface area (Å²) in [6, 6.07) is 75.0. The second-order valence-corrected chi connectivity index (χ2v) is 15.7. The minimum absolute atomic E-state index is 0.856. The first kappa shape index (κ1) is 33.5. The van der Waals surface area contributed by atoms with Crippen LogP contribution in [0.4, 0.5) is 0 Å². The number of aromatic nitrogens is 1. The molecule has 9 aromatic carbocycles. The van der Waals surface area contributed by atoms with Crippen molar-refractivity contribution in [2.75, 3.05) is 0 Å². The summed E-state index contributed by atoms with van der Waals surface area (Å²) in [6.45, 7) is 0. The number of benzene rings is 9. The van der Waals surface area contributed by atoms with Gasteiger partial charge in [-0.15, -0.1) is 0 Å². The first-order valence-corrected chi connectivity index (χ1v) is 20.4. The van der Waals surface area contributed by atoms with E-state index in [0.717, 1.165) is 34.0 Å². The highest BCUT2D eigenvalue weighted by Crippen LogP contribution is 2.41. The summed E-state index contributed by atoms with van der Waals surface area (Å²) in [4.78, 5) is 0. The van der Waals surface area contributed by atoms with Crippen LogP contribution in [0.15, 0.2) is 211 Å². The quantitative estimate of drug-likeness (QED) is 0.171. The van der Waals surface area contributed by atoms with Crippen molar-refractivity contribution in [2.24, 2.45) is 0 Å². The number of rotatable bonds is 5. The lowest BCUT2D eigenvalue weighted by molar-refractivity contribution is 0.668. The van der Waals surface area contributed by atoms with Gasteiger partial charge in [0.15, 0.2) is 0 Å². The SMILES string of the molecule is C1=C(c2ccc(-c3cccc(-c4ccccc4)c3)cc2)Cc2ccc(-c3ccc4c(c3)c3ccccc3n4-c3ccc4c(c3)oc3ccccc34)cc2-c2ccccc21. The van der Waals surface area contributed by atoms with Crippen LogP contribution >= 0.6 is 0 Å². The molecule has 2 heteroatoms. The molecule has 12 rings (SSSR count). The van der Waals surface area contributed by atoms with E-state index in [1.54, 1.807) is 0 Å². The van der Waals surface area contributed by atoms with Crippen molar-refractivity contribution >= 4 is 55.4 Å². The zero-order valence-electron chi connectivity index (χ0n) is 32.3. The second kappa shape index (κ2) is 13.5. The maximum absolute atomic E-state index is 6.32. The molecular formula is C57H37NO. The standard InChI is InChI=1S/C57H37NO/c1-2-11-37(12-3-1)40-14-10-15-41(31-40)38-21-23-39(24-22-38)46-32-44-13-4-5-16-48(44)52-34-42(25-26-45(52)33-46)43-27-30-55-53(35-43)49-17-6-8-19-54(49)58(55)47-28-29-51-50-18-7-9-20-56(50)59-57(51)36-47/h1-32,34-36H,33H2. The van der Waals surface area contributed by atoms with Crippen LogP contribution < -0.4 is 0 Å². The van der Waals surface area contributed by atoms with Crippen LogP contribution in [0.5, 0.6) is 0 Å². The number of fused-ring (bicyclic) bond motifs is 9. The third kappa shape index (κ3) is 5.64. The monoisotopic (exact) mass is 751 g/mol. The van der Waals surface area contributed by atoms with E-state index in [1.807, 2.05) is 12.1 Å². The zero-order valence-corrected chi connectivity index (χ0v) is 32.3. The summed E-state index contributed by atoms with van der Waals surface area (Å²) in [5, 5.41) is 4.75. The summed E-state index contributed by atoms with van der Waals surface area (Å²) in [7, 11) is 0. The maximum atomic E-state index is 6.32. The van der Waals surface area contributed by atoms with Crippen molar-refractivity contribution in [3.8, 4) is 50.2 Å². The van der Waals surface area contributed by atoms with E-state index in [-0.39, 0.29) is 0 Å². The van der Waals surface area contributed by atoms with E-state index < -0.39 is 0 Å². The van der Waals surface area contributed by atoms with E-state index in [9.17, 15) is 0 Å². The molecule has 0 unspecified atom stereocenters. The highest BCUT2D eigenvalue weighted by molar-refractivity contribution is 6.11. The molecule has 1 aliphatic carbocycles. The Kier molecular flexibility index (Phi) is 7.64. The number of hydrogen-bond acceptors (Lipinski definition) is 1. The van der Waals surface area contributed by atoms with Crippen LogP contribution in [0.3, 0.4) is 0 Å². The van der Waals surface area contributed by atoms with Crippen LogP contribution in [-0.2, 0) is 6.42 Å². The van der Waals surface area contributed by atoms with Gasteiger partial charge in [0.05, 0.1) is 11.0 Å². The molecule has 11 aromatic rings. The summed E-state index contributed by atoms with van der Waals surface area (Å²) in [5.41, 5.74) is 20.3. The summed E-state index contributed by atoms with van der Waals surface area (Å²) in [6.07, 6.45) is 3.25. The average Bonchev–Trinajstić information content (AvgIpc) is 3.78. The number of para-hydroxylation sites is 2. The van der Waals surface area contributed by atoms with Crippen LogP contribution in [0.2, 0.25) is 0 Å². The number of furan rings is 1. The van der Waals surface area contributed by atoms with Gasteiger partial charge in [0.25, 0.3) is 0 Å². The van der Waals surface area contributed by atoms with Gasteiger partial charge >= 0.3 is 0 Å². The highest BCUT2D eigenvalue weighted by atomic mass is 16.3. The van der Waals surface area contributed by atoms with Gasteiger partial charge in [-0.1, -0.05) is 158 Å². The predicted octanol–water partition coefficient (Wildman–Crippen LogP) is 15.4. The largest absolute Gasteiger partial charge is 0.456 e. The molecule has 0 amide bonds. The molecule has 0 saturated carbocycles. The first-order chi connectivity index (χ1) is 29.2. The van der Waals surface area contributed by atoms with Gasteiger partial charge in [-0.05, 0) is 122 Å². The number of allylic oxidation sites excluding steroid dienone is 1. The molecule has 2 aromatic heterocycles.